The molecule has 122 valence electrons. The van der Waals surface area contributed by atoms with Crippen molar-refractivity contribution in [3.63, 3.8) is 0 Å². The number of ether oxygens (including phenoxy) is 1. The summed E-state index contributed by atoms with van der Waals surface area (Å²) in [6, 6.07) is 16.2. The number of rotatable bonds is 3. The third-order valence-corrected chi connectivity index (χ3v) is 4.49. The summed E-state index contributed by atoms with van der Waals surface area (Å²) < 4.78 is 5.26. The average molecular weight is 323 g/mol. The van der Waals surface area contributed by atoms with Crippen LogP contribution >= 0.6 is 0 Å². The molecule has 0 radical (unpaired) electrons. The molecule has 0 heterocycles. The molecule has 0 spiro atoms. The summed E-state index contributed by atoms with van der Waals surface area (Å²) in [5.74, 6) is -0.482. The number of benzene rings is 2. The van der Waals surface area contributed by atoms with Gasteiger partial charge in [-0.05, 0) is 35.1 Å². The van der Waals surface area contributed by atoms with Crippen LogP contribution in [0.5, 0.6) is 0 Å². The number of amides is 1. The smallest absolute Gasteiger partial charge is 0.440 e. The van der Waals surface area contributed by atoms with E-state index in [2.05, 4.69) is 17.6 Å². The minimum atomic E-state index is -0.745. The molecule has 0 atom stereocenters. The average Bonchev–Trinajstić information content (AvgIpc) is 3.41. The van der Waals surface area contributed by atoms with Gasteiger partial charge in [0.15, 0.2) is 0 Å². The van der Waals surface area contributed by atoms with Crippen LogP contribution in [0.4, 0.5) is 4.79 Å². The fraction of sp³-hybridized carbons (Fsp3) is 0.263. The maximum Gasteiger partial charge on any atom is 0.440 e. The molecule has 1 saturated carbocycles. The van der Waals surface area contributed by atoms with Crippen LogP contribution in [0.1, 0.15) is 29.9 Å². The first-order valence-corrected chi connectivity index (χ1v) is 8.05. The minimum Gasteiger partial charge on any atom is -0.446 e. The molecule has 2 aromatic carbocycles. The van der Waals surface area contributed by atoms with Crippen LogP contribution in [0.25, 0.3) is 11.1 Å². The molecule has 2 aliphatic rings. The monoisotopic (exact) mass is 323 g/mol. The molecule has 0 saturated heterocycles. The summed E-state index contributed by atoms with van der Waals surface area (Å²) in [6.45, 7) is 0.195. The molecule has 2 aliphatic carbocycles. The first kappa shape index (κ1) is 14.8. The molecule has 0 unspecified atom stereocenters. The van der Waals surface area contributed by atoms with Crippen molar-refractivity contribution in [2.45, 2.75) is 18.8 Å². The summed E-state index contributed by atoms with van der Waals surface area (Å²) in [5.41, 5.74) is 6.68. The topological polar surface area (TPSA) is 64.6 Å². The highest BCUT2D eigenvalue weighted by atomic mass is 16.7. The summed E-state index contributed by atoms with van der Waals surface area (Å²) >= 11 is 0. The van der Waals surface area contributed by atoms with Crippen LogP contribution in [-0.2, 0) is 14.4 Å². The summed E-state index contributed by atoms with van der Waals surface area (Å²) in [6.07, 6.45) is 0.905. The first-order chi connectivity index (χ1) is 11.7. The predicted octanol–water partition coefficient (Wildman–Crippen LogP) is 3.39. The van der Waals surface area contributed by atoms with Crippen LogP contribution < -0.4 is 5.48 Å². The molecule has 0 bridgehead atoms. The van der Waals surface area contributed by atoms with E-state index in [0.717, 1.165) is 24.0 Å². The third-order valence-electron chi connectivity index (χ3n) is 4.49. The SMILES string of the molecule is O=C(NOC(=O)C1CC1)OCC1c2ccccc2-c2ccccc21. The van der Waals surface area contributed by atoms with Gasteiger partial charge in [0.2, 0.25) is 0 Å². The molecule has 2 aromatic rings. The van der Waals surface area contributed by atoms with E-state index in [1.807, 2.05) is 36.4 Å². The largest absolute Gasteiger partial charge is 0.446 e. The third kappa shape index (κ3) is 2.73. The summed E-state index contributed by atoms with van der Waals surface area (Å²) in [4.78, 5) is 27.9. The Kier molecular flexibility index (Phi) is 3.69. The van der Waals surface area contributed by atoms with Crippen molar-refractivity contribution >= 4 is 12.1 Å². The van der Waals surface area contributed by atoms with Crippen LogP contribution in [0.2, 0.25) is 0 Å². The fourth-order valence-corrected chi connectivity index (χ4v) is 3.12. The fourth-order valence-electron chi connectivity index (χ4n) is 3.12. The lowest BCUT2D eigenvalue weighted by atomic mass is 9.98. The Bertz CT molecular complexity index is 752. The number of hydrogen-bond donors (Lipinski definition) is 1. The van der Waals surface area contributed by atoms with E-state index in [-0.39, 0.29) is 18.4 Å². The zero-order chi connectivity index (χ0) is 16.5. The van der Waals surface area contributed by atoms with E-state index in [1.165, 1.54) is 11.1 Å². The maximum atomic E-state index is 11.8. The lowest BCUT2D eigenvalue weighted by Gasteiger charge is -2.14. The molecule has 4 rings (SSSR count). The van der Waals surface area contributed by atoms with E-state index >= 15 is 0 Å². The highest BCUT2D eigenvalue weighted by Crippen LogP contribution is 2.44. The van der Waals surface area contributed by atoms with Gasteiger partial charge in [0, 0.05) is 5.92 Å². The number of fused-ring (bicyclic) bond motifs is 3. The predicted molar refractivity (Wildman–Crippen MR) is 87.0 cm³/mol. The Morgan fingerprint density at radius 1 is 0.958 bits per heavy atom. The van der Waals surface area contributed by atoms with Gasteiger partial charge in [0.1, 0.15) is 6.61 Å². The van der Waals surface area contributed by atoms with E-state index in [9.17, 15) is 9.59 Å². The lowest BCUT2D eigenvalue weighted by Crippen LogP contribution is -2.29. The van der Waals surface area contributed by atoms with E-state index in [4.69, 9.17) is 9.57 Å². The van der Waals surface area contributed by atoms with Crippen molar-refractivity contribution in [2.24, 2.45) is 5.92 Å². The molecule has 1 amide bonds. The zero-order valence-corrected chi connectivity index (χ0v) is 13.0. The number of carbonyl (C=O) groups excluding carboxylic acids is 2. The Morgan fingerprint density at radius 2 is 1.54 bits per heavy atom. The molecular formula is C19H17NO4. The van der Waals surface area contributed by atoms with Gasteiger partial charge in [-0.25, -0.2) is 9.59 Å². The molecule has 0 aromatic heterocycles. The maximum absolute atomic E-state index is 11.8. The van der Waals surface area contributed by atoms with Crippen LogP contribution in [0.15, 0.2) is 48.5 Å². The zero-order valence-electron chi connectivity index (χ0n) is 13.0. The standard InChI is InChI=1S/C19H17NO4/c21-18(12-9-10-12)24-20-19(22)23-11-17-15-7-3-1-5-13(15)14-6-2-4-8-16(14)17/h1-8,12,17H,9-11H2,(H,20,22). The minimum absolute atomic E-state index is 0.0118. The van der Waals surface area contributed by atoms with Gasteiger partial charge in [-0.2, -0.15) is 0 Å². The molecule has 5 heteroatoms. The van der Waals surface area contributed by atoms with Crippen molar-refractivity contribution in [1.82, 2.24) is 5.48 Å². The van der Waals surface area contributed by atoms with Crippen LogP contribution in [0.3, 0.4) is 0 Å². The summed E-state index contributed by atoms with van der Waals surface area (Å²) in [7, 11) is 0. The van der Waals surface area contributed by atoms with Crippen molar-refractivity contribution in [3.05, 3.63) is 59.7 Å². The van der Waals surface area contributed by atoms with Crippen molar-refractivity contribution in [1.29, 1.82) is 0 Å². The molecule has 1 N–H and O–H groups in total. The molecule has 0 aliphatic heterocycles. The number of nitrogens with one attached hydrogen (secondary N) is 1. The van der Waals surface area contributed by atoms with Gasteiger partial charge in [0.25, 0.3) is 0 Å². The second-order valence-electron chi connectivity index (χ2n) is 6.12. The number of carbonyl (C=O) groups is 2. The van der Waals surface area contributed by atoms with Gasteiger partial charge in [0.05, 0.1) is 5.92 Å². The highest BCUT2D eigenvalue weighted by molar-refractivity contribution is 5.79. The van der Waals surface area contributed by atoms with E-state index in [0.29, 0.717) is 0 Å². The molecule has 5 nitrogen and oxygen atoms in total. The lowest BCUT2D eigenvalue weighted by molar-refractivity contribution is -0.151. The first-order valence-electron chi connectivity index (χ1n) is 8.05. The summed E-state index contributed by atoms with van der Waals surface area (Å²) in [5, 5.41) is 0. The normalized spacial score (nSPS) is 15.3. The van der Waals surface area contributed by atoms with Gasteiger partial charge >= 0.3 is 12.1 Å². The van der Waals surface area contributed by atoms with Crippen LogP contribution in [0, 0.1) is 5.92 Å². The van der Waals surface area contributed by atoms with Gasteiger partial charge in [-0.3, -0.25) is 0 Å². The Balaban J connectivity index is 1.42. The van der Waals surface area contributed by atoms with Crippen molar-refractivity contribution in [3.8, 4) is 11.1 Å². The van der Waals surface area contributed by atoms with Crippen molar-refractivity contribution < 1.29 is 19.2 Å². The Morgan fingerprint density at radius 3 is 2.12 bits per heavy atom. The molecule has 1 fully saturated rings. The second kappa shape index (κ2) is 6.00. The second-order valence-corrected chi connectivity index (χ2v) is 6.12. The quantitative estimate of drug-likeness (QED) is 0.879. The van der Waals surface area contributed by atoms with Crippen molar-refractivity contribution in [2.75, 3.05) is 6.61 Å². The van der Waals surface area contributed by atoms with E-state index in [1.54, 1.807) is 0 Å². The number of hydrogen-bond acceptors (Lipinski definition) is 4. The van der Waals surface area contributed by atoms with Crippen LogP contribution in [-0.4, -0.2) is 18.7 Å². The number of hydroxylamine groups is 1. The highest BCUT2D eigenvalue weighted by Gasteiger charge is 2.32. The van der Waals surface area contributed by atoms with Gasteiger partial charge < -0.3 is 9.57 Å². The Hall–Kier alpha value is -2.82. The molecular weight excluding hydrogens is 306 g/mol. The van der Waals surface area contributed by atoms with Gasteiger partial charge in [-0.15, -0.1) is 5.48 Å². The Labute approximate surface area is 139 Å². The van der Waals surface area contributed by atoms with E-state index < -0.39 is 12.1 Å². The molecule has 24 heavy (non-hydrogen) atoms. The van der Waals surface area contributed by atoms with Gasteiger partial charge in [-0.1, -0.05) is 48.5 Å².